The Kier molecular flexibility index (Phi) is 5.59. The maximum absolute atomic E-state index is 14.6. The van der Waals surface area contributed by atoms with E-state index in [-0.39, 0.29) is 23.9 Å². The van der Waals surface area contributed by atoms with Crippen LogP contribution in [0.4, 0.5) is 10.1 Å². The first-order valence-electron chi connectivity index (χ1n) is 9.19. The number of hydrogen-bond acceptors (Lipinski definition) is 4. The normalized spacial score (nSPS) is 25.3. The third kappa shape index (κ3) is 4.12. The van der Waals surface area contributed by atoms with Gasteiger partial charge < -0.3 is 19.4 Å². The van der Waals surface area contributed by atoms with E-state index in [0.717, 1.165) is 32.7 Å². The van der Waals surface area contributed by atoms with Crippen molar-refractivity contribution in [3.63, 3.8) is 0 Å². The fourth-order valence-electron chi connectivity index (χ4n) is 3.73. The Balaban J connectivity index is 1.70. The minimum Gasteiger partial charge on any atom is -0.372 e. The second-order valence-electron chi connectivity index (χ2n) is 7.05. The van der Waals surface area contributed by atoms with Gasteiger partial charge >= 0.3 is 0 Å². The Hall–Kier alpha value is -1.66. The maximum Gasteiger partial charge on any atom is 0.254 e. The molecule has 1 aromatic rings. The van der Waals surface area contributed by atoms with Gasteiger partial charge in [-0.3, -0.25) is 4.79 Å². The van der Waals surface area contributed by atoms with Gasteiger partial charge in [-0.15, -0.1) is 0 Å². The van der Waals surface area contributed by atoms with Crippen LogP contribution in [0.15, 0.2) is 18.2 Å². The highest BCUT2D eigenvalue weighted by Gasteiger charge is 2.27. The SMILES string of the molecule is CCN1CCN(c2ccc(C(=O)N3C[C@H](C)O[C@@H](C)C3)cc2F)CC1. The molecular formula is C19H28FN3O2. The van der Waals surface area contributed by atoms with Crippen LogP contribution in [-0.4, -0.2) is 73.7 Å². The lowest BCUT2D eigenvalue weighted by Gasteiger charge is -2.36. The molecule has 0 aromatic heterocycles. The summed E-state index contributed by atoms with van der Waals surface area (Å²) >= 11 is 0. The molecule has 2 aliphatic rings. The van der Waals surface area contributed by atoms with Crippen molar-refractivity contribution in [2.24, 2.45) is 0 Å². The zero-order valence-corrected chi connectivity index (χ0v) is 15.4. The smallest absolute Gasteiger partial charge is 0.254 e. The lowest BCUT2D eigenvalue weighted by Crippen LogP contribution is -2.48. The van der Waals surface area contributed by atoms with Crippen LogP contribution in [0.2, 0.25) is 0 Å². The van der Waals surface area contributed by atoms with E-state index in [2.05, 4.69) is 16.7 Å². The Labute approximate surface area is 149 Å². The highest BCUT2D eigenvalue weighted by molar-refractivity contribution is 5.94. The molecule has 0 spiro atoms. The lowest BCUT2D eigenvalue weighted by molar-refractivity contribution is -0.0586. The summed E-state index contributed by atoms with van der Waals surface area (Å²) in [5.41, 5.74) is 1.01. The molecule has 2 fully saturated rings. The van der Waals surface area contributed by atoms with Crippen LogP contribution in [0, 0.1) is 5.82 Å². The molecule has 5 nitrogen and oxygen atoms in total. The van der Waals surface area contributed by atoms with Crippen molar-refractivity contribution in [2.45, 2.75) is 33.0 Å². The predicted molar refractivity (Wildman–Crippen MR) is 96.6 cm³/mol. The molecule has 2 atom stereocenters. The molecule has 0 unspecified atom stereocenters. The second-order valence-corrected chi connectivity index (χ2v) is 7.05. The third-order valence-corrected chi connectivity index (χ3v) is 5.06. The average Bonchev–Trinajstić information content (AvgIpc) is 2.60. The molecule has 2 heterocycles. The first-order valence-corrected chi connectivity index (χ1v) is 9.19. The van der Waals surface area contributed by atoms with Crippen molar-refractivity contribution in [1.29, 1.82) is 0 Å². The monoisotopic (exact) mass is 349 g/mol. The number of carbonyl (C=O) groups excluding carboxylic acids is 1. The predicted octanol–water partition coefficient (Wildman–Crippen LogP) is 2.22. The van der Waals surface area contributed by atoms with Gasteiger partial charge in [0.2, 0.25) is 0 Å². The van der Waals surface area contributed by atoms with Crippen molar-refractivity contribution in [3.05, 3.63) is 29.6 Å². The number of carbonyl (C=O) groups is 1. The number of amides is 1. The summed E-state index contributed by atoms with van der Waals surface area (Å²) in [5, 5.41) is 0. The first kappa shape index (κ1) is 18.1. The number of likely N-dealkylation sites (N-methyl/N-ethyl adjacent to an activating group) is 1. The van der Waals surface area contributed by atoms with Gasteiger partial charge in [-0.25, -0.2) is 4.39 Å². The Morgan fingerprint density at radius 1 is 1.16 bits per heavy atom. The summed E-state index contributed by atoms with van der Waals surface area (Å²) in [6, 6.07) is 4.88. The number of benzene rings is 1. The van der Waals surface area contributed by atoms with E-state index in [4.69, 9.17) is 4.74 Å². The minimum atomic E-state index is -0.315. The van der Waals surface area contributed by atoms with Crippen molar-refractivity contribution in [1.82, 2.24) is 9.80 Å². The third-order valence-electron chi connectivity index (χ3n) is 5.06. The summed E-state index contributed by atoms with van der Waals surface area (Å²) in [7, 11) is 0. The van der Waals surface area contributed by atoms with E-state index < -0.39 is 0 Å². The van der Waals surface area contributed by atoms with Crippen LogP contribution in [0.5, 0.6) is 0 Å². The molecule has 138 valence electrons. The topological polar surface area (TPSA) is 36.0 Å². The van der Waals surface area contributed by atoms with Gasteiger partial charge in [0.1, 0.15) is 5.82 Å². The Morgan fingerprint density at radius 3 is 2.36 bits per heavy atom. The molecule has 1 aromatic carbocycles. The fourth-order valence-corrected chi connectivity index (χ4v) is 3.73. The molecule has 2 aliphatic heterocycles. The van der Waals surface area contributed by atoms with Crippen LogP contribution >= 0.6 is 0 Å². The van der Waals surface area contributed by atoms with E-state index in [1.807, 2.05) is 13.8 Å². The number of morpholine rings is 1. The van der Waals surface area contributed by atoms with E-state index in [1.54, 1.807) is 17.0 Å². The van der Waals surface area contributed by atoms with Crippen molar-refractivity contribution < 1.29 is 13.9 Å². The number of piperazine rings is 1. The summed E-state index contributed by atoms with van der Waals surface area (Å²) in [6.45, 7) is 11.7. The summed E-state index contributed by atoms with van der Waals surface area (Å²) < 4.78 is 20.3. The van der Waals surface area contributed by atoms with E-state index in [9.17, 15) is 9.18 Å². The molecular weight excluding hydrogens is 321 g/mol. The molecule has 0 N–H and O–H groups in total. The fraction of sp³-hybridized carbons (Fsp3) is 0.632. The van der Waals surface area contributed by atoms with Crippen LogP contribution < -0.4 is 4.90 Å². The highest BCUT2D eigenvalue weighted by atomic mass is 19.1. The Bertz CT molecular complexity index is 607. The van der Waals surface area contributed by atoms with Crippen molar-refractivity contribution in [3.8, 4) is 0 Å². The molecule has 25 heavy (non-hydrogen) atoms. The van der Waals surface area contributed by atoms with Gasteiger partial charge in [0.25, 0.3) is 5.91 Å². The van der Waals surface area contributed by atoms with Crippen LogP contribution in [-0.2, 0) is 4.74 Å². The molecule has 0 radical (unpaired) electrons. The van der Waals surface area contributed by atoms with Gasteiger partial charge in [0.05, 0.1) is 17.9 Å². The quantitative estimate of drug-likeness (QED) is 0.838. The van der Waals surface area contributed by atoms with Crippen molar-refractivity contribution in [2.75, 3.05) is 50.7 Å². The molecule has 0 aliphatic carbocycles. The highest BCUT2D eigenvalue weighted by Crippen LogP contribution is 2.23. The molecule has 0 saturated carbocycles. The number of ether oxygens (including phenoxy) is 1. The number of anilines is 1. The van der Waals surface area contributed by atoms with E-state index >= 15 is 0 Å². The molecule has 1 amide bonds. The van der Waals surface area contributed by atoms with Gasteiger partial charge in [-0.1, -0.05) is 6.92 Å². The number of hydrogen-bond donors (Lipinski definition) is 0. The first-order chi connectivity index (χ1) is 12.0. The van der Waals surface area contributed by atoms with Gasteiger partial charge in [0, 0.05) is 44.8 Å². The Morgan fingerprint density at radius 2 is 1.80 bits per heavy atom. The standard InChI is InChI=1S/C19H28FN3O2/c1-4-21-7-9-22(10-8-21)18-6-5-16(11-17(18)20)19(24)23-12-14(2)25-15(3)13-23/h5-6,11,14-15H,4,7-10,12-13H2,1-3H3/t14-,15-/m0/s1. The van der Waals surface area contributed by atoms with E-state index in [0.29, 0.717) is 24.3 Å². The molecule has 3 rings (SSSR count). The van der Waals surface area contributed by atoms with Gasteiger partial charge in [-0.2, -0.15) is 0 Å². The zero-order chi connectivity index (χ0) is 18.0. The summed E-state index contributed by atoms with van der Waals surface area (Å²) in [5.74, 6) is -0.437. The lowest BCUT2D eigenvalue weighted by atomic mass is 10.1. The average molecular weight is 349 g/mol. The van der Waals surface area contributed by atoms with Crippen molar-refractivity contribution >= 4 is 11.6 Å². The van der Waals surface area contributed by atoms with Crippen LogP contribution in [0.25, 0.3) is 0 Å². The maximum atomic E-state index is 14.6. The number of halogens is 1. The summed E-state index contributed by atoms with van der Waals surface area (Å²) in [4.78, 5) is 18.9. The second kappa shape index (κ2) is 7.70. The minimum absolute atomic E-state index is 0.00619. The summed E-state index contributed by atoms with van der Waals surface area (Å²) in [6.07, 6.45) is 0.0124. The van der Waals surface area contributed by atoms with E-state index in [1.165, 1.54) is 6.07 Å². The molecule has 0 bridgehead atoms. The van der Waals surface area contributed by atoms with Gasteiger partial charge in [0.15, 0.2) is 0 Å². The molecule has 2 saturated heterocycles. The zero-order valence-electron chi connectivity index (χ0n) is 15.4. The number of nitrogens with zero attached hydrogens (tertiary/aromatic N) is 3. The number of rotatable bonds is 3. The van der Waals surface area contributed by atoms with Crippen LogP contribution in [0.3, 0.4) is 0 Å². The van der Waals surface area contributed by atoms with Crippen LogP contribution in [0.1, 0.15) is 31.1 Å². The van der Waals surface area contributed by atoms with Gasteiger partial charge in [-0.05, 0) is 38.6 Å². The largest absolute Gasteiger partial charge is 0.372 e. The molecule has 6 heteroatoms.